The Morgan fingerprint density at radius 1 is 1.31 bits per heavy atom. The largest absolute Gasteiger partial charge is 0.330 e. The second-order valence-corrected chi connectivity index (χ2v) is 6.23. The summed E-state index contributed by atoms with van der Waals surface area (Å²) >= 11 is 0. The van der Waals surface area contributed by atoms with E-state index in [1.54, 1.807) is 0 Å². The third-order valence-corrected chi connectivity index (χ3v) is 4.53. The molecule has 0 bridgehead atoms. The Balaban J connectivity index is 2.37. The van der Waals surface area contributed by atoms with Crippen LogP contribution >= 0.6 is 0 Å². The summed E-state index contributed by atoms with van der Waals surface area (Å²) in [4.78, 5) is 2.62. The van der Waals surface area contributed by atoms with Crippen LogP contribution in [0.5, 0.6) is 0 Å². The quantitative estimate of drug-likeness (QED) is 0.781. The smallest absolute Gasteiger partial charge is 0.00473 e. The van der Waals surface area contributed by atoms with Crippen molar-refractivity contribution >= 4 is 0 Å². The van der Waals surface area contributed by atoms with Crippen molar-refractivity contribution < 1.29 is 0 Å². The van der Waals surface area contributed by atoms with Gasteiger partial charge >= 0.3 is 0 Å². The molecule has 0 aromatic rings. The Hall–Kier alpha value is -0.0800. The first kappa shape index (κ1) is 14.0. The Labute approximate surface area is 102 Å². The topological polar surface area (TPSA) is 29.3 Å². The second-order valence-electron chi connectivity index (χ2n) is 6.23. The fourth-order valence-corrected chi connectivity index (χ4v) is 2.64. The molecule has 0 saturated carbocycles. The zero-order valence-corrected chi connectivity index (χ0v) is 11.6. The molecule has 1 heterocycles. The van der Waals surface area contributed by atoms with Crippen molar-refractivity contribution in [3.8, 4) is 0 Å². The van der Waals surface area contributed by atoms with Gasteiger partial charge in [0.15, 0.2) is 0 Å². The van der Waals surface area contributed by atoms with Crippen molar-refractivity contribution in [3.63, 3.8) is 0 Å². The predicted molar refractivity (Wildman–Crippen MR) is 71.5 cm³/mol. The number of nitrogens with zero attached hydrogens (tertiary/aromatic N) is 1. The molecule has 16 heavy (non-hydrogen) atoms. The van der Waals surface area contributed by atoms with Gasteiger partial charge in [-0.1, -0.05) is 27.7 Å². The highest BCUT2D eigenvalue weighted by molar-refractivity contribution is 4.81. The standard InChI is InChI=1S/C14H30N2/c1-5-14(4,10-15)11-16-8-6-13(7-9-16)12(2)3/h12-13H,5-11,15H2,1-4H3. The Morgan fingerprint density at radius 2 is 1.88 bits per heavy atom. The SMILES string of the molecule is CCC(C)(CN)CN1CCC(C(C)C)CC1. The van der Waals surface area contributed by atoms with Gasteiger partial charge in [0.1, 0.15) is 0 Å². The Bertz CT molecular complexity index is 189. The highest BCUT2D eigenvalue weighted by atomic mass is 15.1. The van der Waals surface area contributed by atoms with Gasteiger partial charge < -0.3 is 10.6 Å². The molecule has 1 aliphatic heterocycles. The average molecular weight is 226 g/mol. The molecule has 1 atom stereocenters. The first-order valence-electron chi connectivity index (χ1n) is 6.93. The normalized spacial score (nSPS) is 23.6. The molecule has 1 rings (SSSR count). The summed E-state index contributed by atoms with van der Waals surface area (Å²) in [6.07, 6.45) is 3.94. The molecule has 0 aromatic heterocycles. The van der Waals surface area contributed by atoms with E-state index in [0.29, 0.717) is 5.41 Å². The predicted octanol–water partition coefficient (Wildman–Crippen LogP) is 2.73. The third-order valence-electron chi connectivity index (χ3n) is 4.53. The molecule has 2 heteroatoms. The monoisotopic (exact) mass is 226 g/mol. The summed E-state index contributed by atoms with van der Waals surface area (Å²) < 4.78 is 0. The molecule has 1 fully saturated rings. The van der Waals surface area contributed by atoms with E-state index in [2.05, 4.69) is 32.6 Å². The van der Waals surface area contributed by atoms with Crippen LogP contribution in [0.3, 0.4) is 0 Å². The van der Waals surface area contributed by atoms with Crippen LogP contribution in [0.25, 0.3) is 0 Å². The van der Waals surface area contributed by atoms with Crippen LogP contribution in [0, 0.1) is 17.3 Å². The van der Waals surface area contributed by atoms with Crippen molar-refractivity contribution in [1.29, 1.82) is 0 Å². The summed E-state index contributed by atoms with van der Waals surface area (Å²) in [6.45, 7) is 13.8. The molecule has 0 spiro atoms. The molecule has 0 radical (unpaired) electrons. The van der Waals surface area contributed by atoms with E-state index in [4.69, 9.17) is 5.73 Å². The number of hydrogen-bond donors (Lipinski definition) is 1. The van der Waals surface area contributed by atoms with Crippen LogP contribution in [0.2, 0.25) is 0 Å². The molecular weight excluding hydrogens is 196 g/mol. The second kappa shape index (κ2) is 6.02. The molecule has 0 aliphatic carbocycles. The maximum Gasteiger partial charge on any atom is 0.00473 e. The molecule has 0 aromatic carbocycles. The minimum Gasteiger partial charge on any atom is -0.330 e. The maximum absolute atomic E-state index is 5.88. The molecule has 1 saturated heterocycles. The van der Waals surface area contributed by atoms with Gasteiger partial charge in [0, 0.05) is 6.54 Å². The van der Waals surface area contributed by atoms with Crippen LogP contribution < -0.4 is 5.73 Å². The summed E-state index contributed by atoms with van der Waals surface area (Å²) in [5, 5.41) is 0. The zero-order chi connectivity index (χ0) is 12.2. The van der Waals surface area contributed by atoms with Gasteiger partial charge in [-0.25, -0.2) is 0 Å². The number of nitrogens with two attached hydrogens (primary N) is 1. The lowest BCUT2D eigenvalue weighted by Crippen LogP contribution is -2.44. The summed E-state index contributed by atoms with van der Waals surface area (Å²) in [7, 11) is 0. The fourth-order valence-electron chi connectivity index (χ4n) is 2.64. The van der Waals surface area contributed by atoms with E-state index in [0.717, 1.165) is 18.4 Å². The van der Waals surface area contributed by atoms with Gasteiger partial charge in [-0.2, -0.15) is 0 Å². The zero-order valence-electron chi connectivity index (χ0n) is 11.6. The van der Waals surface area contributed by atoms with Crippen LogP contribution in [0.4, 0.5) is 0 Å². The minimum absolute atomic E-state index is 0.324. The van der Waals surface area contributed by atoms with Gasteiger partial charge in [-0.3, -0.25) is 0 Å². The van der Waals surface area contributed by atoms with Crippen LogP contribution in [-0.4, -0.2) is 31.1 Å². The van der Waals surface area contributed by atoms with Gasteiger partial charge in [0.25, 0.3) is 0 Å². The number of piperidine rings is 1. The van der Waals surface area contributed by atoms with Crippen molar-refractivity contribution in [2.45, 2.75) is 47.0 Å². The average Bonchev–Trinajstić information content (AvgIpc) is 2.29. The molecule has 0 amide bonds. The highest BCUT2D eigenvalue weighted by Crippen LogP contribution is 2.27. The van der Waals surface area contributed by atoms with Gasteiger partial charge in [0.2, 0.25) is 0 Å². The lowest BCUT2D eigenvalue weighted by atomic mass is 9.83. The Kier molecular flexibility index (Phi) is 5.26. The summed E-state index contributed by atoms with van der Waals surface area (Å²) in [6, 6.07) is 0. The van der Waals surface area contributed by atoms with Crippen LogP contribution in [0.15, 0.2) is 0 Å². The number of likely N-dealkylation sites (tertiary alicyclic amines) is 1. The lowest BCUT2D eigenvalue weighted by molar-refractivity contribution is 0.107. The first-order chi connectivity index (χ1) is 7.50. The summed E-state index contributed by atoms with van der Waals surface area (Å²) in [5.41, 5.74) is 6.21. The van der Waals surface area contributed by atoms with E-state index < -0.39 is 0 Å². The molecule has 2 N–H and O–H groups in total. The van der Waals surface area contributed by atoms with E-state index >= 15 is 0 Å². The van der Waals surface area contributed by atoms with Gasteiger partial charge in [-0.05, 0) is 56.1 Å². The Morgan fingerprint density at radius 3 is 2.25 bits per heavy atom. The van der Waals surface area contributed by atoms with Crippen molar-refractivity contribution in [2.75, 3.05) is 26.2 Å². The summed E-state index contributed by atoms with van der Waals surface area (Å²) in [5.74, 6) is 1.80. The van der Waals surface area contributed by atoms with Crippen molar-refractivity contribution in [1.82, 2.24) is 4.90 Å². The fraction of sp³-hybridized carbons (Fsp3) is 1.00. The van der Waals surface area contributed by atoms with E-state index in [9.17, 15) is 0 Å². The van der Waals surface area contributed by atoms with Crippen molar-refractivity contribution in [3.05, 3.63) is 0 Å². The molecular formula is C14H30N2. The number of rotatable bonds is 5. The van der Waals surface area contributed by atoms with E-state index in [1.807, 2.05) is 0 Å². The van der Waals surface area contributed by atoms with Gasteiger partial charge in [-0.15, -0.1) is 0 Å². The first-order valence-corrected chi connectivity index (χ1v) is 6.93. The molecule has 96 valence electrons. The van der Waals surface area contributed by atoms with E-state index in [-0.39, 0.29) is 0 Å². The molecule has 2 nitrogen and oxygen atoms in total. The minimum atomic E-state index is 0.324. The van der Waals surface area contributed by atoms with Crippen molar-refractivity contribution in [2.24, 2.45) is 23.0 Å². The highest BCUT2D eigenvalue weighted by Gasteiger charge is 2.27. The maximum atomic E-state index is 5.88. The van der Waals surface area contributed by atoms with E-state index in [1.165, 1.54) is 38.9 Å². The van der Waals surface area contributed by atoms with Gasteiger partial charge in [0.05, 0.1) is 0 Å². The van der Waals surface area contributed by atoms with Crippen LogP contribution in [-0.2, 0) is 0 Å². The molecule has 1 unspecified atom stereocenters. The van der Waals surface area contributed by atoms with Crippen LogP contribution in [0.1, 0.15) is 47.0 Å². The molecule has 1 aliphatic rings. The third kappa shape index (κ3) is 3.74. The lowest BCUT2D eigenvalue weighted by Gasteiger charge is -2.39. The number of hydrogen-bond acceptors (Lipinski definition) is 2.